The summed E-state index contributed by atoms with van der Waals surface area (Å²) in [4.78, 5) is 9.24. The number of fused-ring (bicyclic) bond motifs is 3. The van der Waals surface area contributed by atoms with Crippen LogP contribution in [0.2, 0.25) is 0 Å². The Morgan fingerprint density at radius 3 is 2.46 bits per heavy atom. The van der Waals surface area contributed by atoms with Crippen LogP contribution in [0.4, 0.5) is 11.5 Å². The Balaban J connectivity index is 2.00. The van der Waals surface area contributed by atoms with E-state index in [1.165, 1.54) is 5.56 Å². The normalized spacial score (nSPS) is 11.4. The quantitative estimate of drug-likeness (QED) is 0.568. The van der Waals surface area contributed by atoms with E-state index in [0.717, 1.165) is 46.4 Å². The van der Waals surface area contributed by atoms with Gasteiger partial charge in [-0.25, -0.2) is 9.97 Å². The number of hydrogen-bond donors (Lipinski definition) is 2. The summed E-state index contributed by atoms with van der Waals surface area (Å²) in [5.74, 6) is 1.49. The minimum atomic E-state index is 0.481. The van der Waals surface area contributed by atoms with Gasteiger partial charge >= 0.3 is 0 Å². The number of benzene rings is 2. The number of rotatable bonds is 3. The van der Waals surface area contributed by atoms with Crippen LogP contribution in [-0.2, 0) is 13.0 Å². The first kappa shape index (κ1) is 14.5. The van der Waals surface area contributed by atoms with E-state index in [0.29, 0.717) is 5.82 Å². The van der Waals surface area contributed by atoms with Crippen LogP contribution in [0, 0.1) is 0 Å². The highest BCUT2D eigenvalue weighted by molar-refractivity contribution is 6.06. The first-order valence-corrected chi connectivity index (χ1v) is 8.05. The van der Waals surface area contributed by atoms with Gasteiger partial charge in [-0.1, -0.05) is 37.3 Å². The third-order valence-electron chi connectivity index (χ3n) is 4.33. The van der Waals surface area contributed by atoms with E-state index in [-0.39, 0.29) is 0 Å². The zero-order valence-corrected chi connectivity index (χ0v) is 13.5. The summed E-state index contributed by atoms with van der Waals surface area (Å²) in [6.45, 7) is 2.83. The maximum atomic E-state index is 6.17. The number of hydrogen-bond acceptors (Lipinski definition) is 4. The predicted octanol–water partition coefficient (Wildman–Crippen LogP) is 3.36. The van der Waals surface area contributed by atoms with E-state index < -0.39 is 0 Å². The summed E-state index contributed by atoms with van der Waals surface area (Å²) in [6, 6.07) is 16.0. The summed E-state index contributed by atoms with van der Waals surface area (Å²) in [5, 5.41) is 1.07. The van der Waals surface area contributed by atoms with E-state index in [1.54, 1.807) is 0 Å². The van der Waals surface area contributed by atoms with Gasteiger partial charge in [0.1, 0.15) is 11.3 Å². The van der Waals surface area contributed by atoms with Gasteiger partial charge in [0.25, 0.3) is 0 Å². The van der Waals surface area contributed by atoms with Crippen LogP contribution in [0.1, 0.15) is 18.3 Å². The molecule has 0 bridgehead atoms. The molecular formula is C19H19N5. The van der Waals surface area contributed by atoms with Gasteiger partial charge in [-0.2, -0.15) is 0 Å². The predicted molar refractivity (Wildman–Crippen MR) is 98.8 cm³/mol. The van der Waals surface area contributed by atoms with Crippen LogP contribution in [-0.4, -0.2) is 14.5 Å². The molecule has 2 aromatic carbocycles. The fourth-order valence-corrected chi connectivity index (χ4v) is 3.15. The van der Waals surface area contributed by atoms with Crippen molar-refractivity contribution in [1.82, 2.24) is 14.5 Å². The Hall–Kier alpha value is -3.08. The number of nitrogens with two attached hydrogens (primary N) is 2. The first-order valence-electron chi connectivity index (χ1n) is 8.05. The minimum absolute atomic E-state index is 0.481. The van der Waals surface area contributed by atoms with Gasteiger partial charge in [-0.3, -0.25) is 0 Å². The van der Waals surface area contributed by atoms with Crippen LogP contribution in [0.5, 0.6) is 0 Å². The average molecular weight is 317 g/mol. The number of pyridine rings is 1. The Labute approximate surface area is 139 Å². The highest BCUT2D eigenvalue weighted by Gasteiger charge is 2.16. The second kappa shape index (κ2) is 5.53. The number of para-hydroxylation sites is 1. The van der Waals surface area contributed by atoms with Gasteiger partial charge in [-0.05, 0) is 23.8 Å². The van der Waals surface area contributed by atoms with Crippen LogP contribution in [0.25, 0.3) is 21.9 Å². The Kier molecular flexibility index (Phi) is 3.34. The van der Waals surface area contributed by atoms with E-state index in [9.17, 15) is 0 Å². The van der Waals surface area contributed by atoms with Gasteiger partial charge in [0.2, 0.25) is 0 Å². The third kappa shape index (κ3) is 2.25. The van der Waals surface area contributed by atoms with Gasteiger partial charge in [0, 0.05) is 24.0 Å². The first-order chi connectivity index (χ1) is 11.7. The Bertz CT molecular complexity index is 1030. The summed E-state index contributed by atoms with van der Waals surface area (Å²) < 4.78 is 2.24. The van der Waals surface area contributed by atoms with Crippen LogP contribution in [0.15, 0.2) is 48.5 Å². The zero-order chi connectivity index (χ0) is 16.7. The van der Waals surface area contributed by atoms with Gasteiger partial charge < -0.3 is 16.0 Å². The third-order valence-corrected chi connectivity index (χ3v) is 4.33. The Morgan fingerprint density at radius 1 is 0.958 bits per heavy atom. The summed E-state index contributed by atoms with van der Waals surface area (Å²) in [7, 11) is 0. The molecule has 0 aliphatic carbocycles. The van der Waals surface area contributed by atoms with Crippen molar-refractivity contribution in [3.63, 3.8) is 0 Å². The van der Waals surface area contributed by atoms with Crippen LogP contribution >= 0.6 is 0 Å². The summed E-state index contributed by atoms with van der Waals surface area (Å²) >= 11 is 0. The molecule has 4 N–H and O–H groups in total. The van der Waals surface area contributed by atoms with Crippen molar-refractivity contribution in [2.75, 3.05) is 11.5 Å². The molecule has 0 spiro atoms. The van der Waals surface area contributed by atoms with Crippen molar-refractivity contribution in [2.45, 2.75) is 19.9 Å². The van der Waals surface area contributed by atoms with Crippen molar-refractivity contribution >= 4 is 33.4 Å². The molecule has 4 aromatic rings. The van der Waals surface area contributed by atoms with E-state index in [4.69, 9.17) is 16.5 Å². The zero-order valence-electron chi connectivity index (χ0n) is 13.5. The van der Waals surface area contributed by atoms with Gasteiger partial charge in [0.05, 0.1) is 11.0 Å². The Morgan fingerprint density at radius 2 is 1.71 bits per heavy atom. The number of anilines is 2. The molecule has 120 valence electrons. The molecule has 0 fully saturated rings. The number of aryl methyl sites for hydroxylation is 1. The lowest BCUT2D eigenvalue weighted by molar-refractivity contribution is 0.755. The second-order valence-electron chi connectivity index (χ2n) is 5.92. The molecule has 24 heavy (non-hydrogen) atoms. The molecule has 0 saturated heterocycles. The topological polar surface area (TPSA) is 82.8 Å². The highest BCUT2D eigenvalue weighted by Crippen LogP contribution is 2.29. The second-order valence-corrected chi connectivity index (χ2v) is 5.92. The molecule has 5 nitrogen and oxygen atoms in total. The number of aromatic nitrogens is 3. The van der Waals surface area contributed by atoms with Crippen molar-refractivity contribution in [1.29, 1.82) is 0 Å². The van der Waals surface area contributed by atoms with Crippen LogP contribution < -0.4 is 11.5 Å². The van der Waals surface area contributed by atoms with E-state index in [1.807, 2.05) is 42.5 Å². The molecule has 0 aliphatic heterocycles. The van der Waals surface area contributed by atoms with E-state index >= 15 is 0 Å². The van der Waals surface area contributed by atoms with Crippen molar-refractivity contribution in [3.05, 3.63) is 59.9 Å². The fourth-order valence-electron chi connectivity index (χ4n) is 3.15. The lowest BCUT2D eigenvalue weighted by atomic mass is 10.1. The standard InChI is InChI=1S/C19H19N5/c1-2-16-23-17-18(14-5-3-4-6-15(14)22-19(17)21)24(16)11-12-7-9-13(20)10-8-12/h3-10H,2,11,20H2,1H3,(H2,21,22). The summed E-state index contributed by atoms with van der Waals surface area (Å²) in [6.07, 6.45) is 0.831. The average Bonchev–Trinajstić information content (AvgIpc) is 2.96. The molecule has 0 radical (unpaired) electrons. The minimum Gasteiger partial charge on any atom is -0.399 e. The lowest BCUT2D eigenvalue weighted by Crippen LogP contribution is -2.05. The smallest absolute Gasteiger partial charge is 0.152 e. The highest BCUT2D eigenvalue weighted by atomic mass is 15.1. The number of nitrogen functional groups attached to an aromatic ring is 2. The van der Waals surface area contributed by atoms with Crippen molar-refractivity contribution in [2.24, 2.45) is 0 Å². The largest absolute Gasteiger partial charge is 0.399 e. The SMILES string of the molecule is CCc1nc2c(N)nc3ccccc3c2n1Cc1ccc(N)cc1. The molecule has 2 heterocycles. The van der Waals surface area contributed by atoms with Gasteiger partial charge in [0.15, 0.2) is 5.82 Å². The monoisotopic (exact) mass is 317 g/mol. The molecule has 0 aliphatic rings. The molecule has 0 saturated carbocycles. The summed E-state index contributed by atoms with van der Waals surface area (Å²) in [5.41, 5.74) is 16.6. The lowest BCUT2D eigenvalue weighted by Gasteiger charge is -2.10. The van der Waals surface area contributed by atoms with Crippen molar-refractivity contribution in [3.8, 4) is 0 Å². The molecule has 2 aromatic heterocycles. The molecule has 5 heteroatoms. The van der Waals surface area contributed by atoms with Gasteiger partial charge in [-0.15, -0.1) is 0 Å². The van der Waals surface area contributed by atoms with Crippen molar-refractivity contribution < 1.29 is 0 Å². The fraction of sp³-hybridized carbons (Fsp3) is 0.158. The van der Waals surface area contributed by atoms with E-state index in [2.05, 4.69) is 22.5 Å². The maximum Gasteiger partial charge on any atom is 0.152 e. The molecular weight excluding hydrogens is 298 g/mol. The number of nitrogens with zero attached hydrogens (tertiary/aromatic N) is 3. The van der Waals surface area contributed by atoms with Crippen LogP contribution in [0.3, 0.4) is 0 Å². The number of imidazole rings is 1. The molecule has 0 unspecified atom stereocenters. The maximum absolute atomic E-state index is 6.17. The molecule has 0 amide bonds. The molecule has 0 atom stereocenters. The molecule has 4 rings (SSSR count).